The molecule has 0 aliphatic rings. The van der Waals surface area contributed by atoms with Crippen LogP contribution in [0.1, 0.15) is 52.3 Å². The fraction of sp³-hybridized carbons (Fsp3) is 0.417. The molecule has 1 aromatic carbocycles. The molecule has 4 rings (SSSR count). The maximum Gasteiger partial charge on any atom is 0.197 e. The maximum absolute atomic E-state index is 6.16. The molecule has 0 fully saturated rings. The Morgan fingerprint density at radius 1 is 1.00 bits per heavy atom. The van der Waals surface area contributed by atoms with E-state index in [-0.39, 0.29) is 11.0 Å². The van der Waals surface area contributed by atoms with Gasteiger partial charge in [-0.1, -0.05) is 39.0 Å². The van der Waals surface area contributed by atoms with Crippen LogP contribution in [0.2, 0.25) is 0 Å². The lowest BCUT2D eigenvalue weighted by Crippen LogP contribution is -2.41. The van der Waals surface area contributed by atoms with Crippen LogP contribution >= 0.6 is 0 Å². The Hall–Kier alpha value is -2.82. The van der Waals surface area contributed by atoms with Crippen LogP contribution in [0.3, 0.4) is 0 Å². The van der Waals surface area contributed by atoms with Crippen molar-refractivity contribution in [3.63, 3.8) is 0 Å². The van der Waals surface area contributed by atoms with E-state index in [0.717, 1.165) is 51.4 Å². The molecule has 5 heteroatoms. The van der Waals surface area contributed by atoms with E-state index >= 15 is 0 Å². The van der Waals surface area contributed by atoms with Gasteiger partial charge in [-0.25, -0.2) is 14.6 Å². The first-order chi connectivity index (χ1) is 13.5. The molecule has 4 aromatic rings. The van der Waals surface area contributed by atoms with Crippen LogP contribution < -0.4 is 5.43 Å². The summed E-state index contributed by atoms with van der Waals surface area (Å²) in [6.45, 7) is 15.3. The number of nitrogens with one attached hydrogen (secondary N) is 1. The molecule has 3 aromatic heterocycles. The van der Waals surface area contributed by atoms with Crippen molar-refractivity contribution in [1.29, 1.82) is 0 Å². The smallest absolute Gasteiger partial charge is 0.197 e. The van der Waals surface area contributed by atoms with Crippen molar-refractivity contribution < 1.29 is 4.42 Å². The van der Waals surface area contributed by atoms with Gasteiger partial charge in [0.05, 0.1) is 0 Å². The Labute approximate surface area is 172 Å². The second-order valence-corrected chi connectivity index (χ2v) is 9.91. The van der Waals surface area contributed by atoms with E-state index in [9.17, 15) is 0 Å². The minimum absolute atomic E-state index is 0.161. The summed E-state index contributed by atoms with van der Waals surface area (Å²) in [5, 5.41) is 1.07. The van der Waals surface area contributed by atoms with E-state index in [0.29, 0.717) is 0 Å². The van der Waals surface area contributed by atoms with Crippen molar-refractivity contribution >= 4 is 22.1 Å². The third-order valence-corrected chi connectivity index (χ3v) is 4.97. The van der Waals surface area contributed by atoms with Crippen LogP contribution in [0.4, 0.5) is 0 Å². The number of hydrogen-bond donors (Lipinski definition) is 1. The van der Waals surface area contributed by atoms with Crippen molar-refractivity contribution in [2.24, 2.45) is 5.41 Å². The number of furan rings is 1. The fourth-order valence-electron chi connectivity index (χ4n) is 4.39. The van der Waals surface area contributed by atoms with Crippen LogP contribution in [-0.4, -0.2) is 20.2 Å². The number of nitrogens with zero attached hydrogens (tertiary/aromatic N) is 3. The Morgan fingerprint density at radius 3 is 2.41 bits per heavy atom. The van der Waals surface area contributed by atoms with Gasteiger partial charge in [0, 0.05) is 16.6 Å². The lowest BCUT2D eigenvalue weighted by molar-refractivity contribution is 0.289. The predicted molar refractivity (Wildman–Crippen MR) is 120 cm³/mol. The summed E-state index contributed by atoms with van der Waals surface area (Å²) >= 11 is 0. The summed E-state index contributed by atoms with van der Waals surface area (Å²) in [6, 6.07) is 12.2. The van der Waals surface area contributed by atoms with Crippen molar-refractivity contribution in [1.82, 2.24) is 14.6 Å². The molecule has 3 heterocycles. The third-order valence-electron chi connectivity index (χ3n) is 4.97. The zero-order valence-corrected chi connectivity index (χ0v) is 18.4. The zero-order chi connectivity index (χ0) is 21.0. The predicted octanol–water partition coefficient (Wildman–Crippen LogP) is 6.22. The number of aryl methyl sites for hydroxylation is 2. The van der Waals surface area contributed by atoms with Crippen molar-refractivity contribution in [3.8, 4) is 11.6 Å². The molecule has 152 valence electrons. The van der Waals surface area contributed by atoms with Gasteiger partial charge in [0.15, 0.2) is 17.2 Å². The second kappa shape index (κ2) is 6.61. The van der Waals surface area contributed by atoms with Gasteiger partial charge < -0.3 is 9.84 Å². The SMILES string of the molecule is Cc1cc(C)c2nc(-c3cc4ccccc4o3)n(NC(C)(C)CC(C)(C)C)c2n1. The Kier molecular flexibility index (Phi) is 4.45. The highest BCUT2D eigenvalue weighted by molar-refractivity contribution is 5.85. The van der Waals surface area contributed by atoms with Gasteiger partial charge in [-0.3, -0.25) is 0 Å². The van der Waals surface area contributed by atoms with Gasteiger partial charge in [-0.2, -0.15) is 0 Å². The Morgan fingerprint density at radius 2 is 1.72 bits per heavy atom. The van der Waals surface area contributed by atoms with Crippen LogP contribution in [0, 0.1) is 19.3 Å². The number of rotatable bonds is 4. The monoisotopic (exact) mass is 390 g/mol. The average Bonchev–Trinajstić information content (AvgIpc) is 3.14. The van der Waals surface area contributed by atoms with Crippen LogP contribution in [0.5, 0.6) is 0 Å². The molecule has 0 aliphatic heterocycles. The highest BCUT2D eigenvalue weighted by Crippen LogP contribution is 2.33. The molecule has 0 amide bonds. The summed E-state index contributed by atoms with van der Waals surface area (Å²) in [7, 11) is 0. The number of hydrogen-bond acceptors (Lipinski definition) is 4. The van der Waals surface area contributed by atoms with E-state index in [1.54, 1.807) is 0 Å². The summed E-state index contributed by atoms with van der Waals surface area (Å²) < 4.78 is 8.17. The van der Waals surface area contributed by atoms with Gasteiger partial charge in [0.25, 0.3) is 0 Å². The molecule has 1 N–H and O–H groups in total. The Balaban J connectivity index is 1.91. The summed E-state index contributed by atoms with van der Waals surface area (Å²) in [4.78, 5) is 9.76. The van der Waals surface area contributed by atoms with E-state index in [1.165, 1.54) is 0 Å². The van der Waals surface area contributed by atoms with Gasteiger partial charge in [-0.15, -0.1) is 0 Å². The summed E-state index contributed by atoms with van der Waals surface area (Å²) in [5.41, 5.74) is 8.39. The molecule has 0 bridgehead atoms. The number of benzene rings is 1. The number of imidazole rings is 1. The average molecular weight is 391 g/mol. The molecule has 29 heavy (non-hydrogen) atoms. The molecular formula is C24H30N4O. The van der Waals surface area contributed by atoms with Crippen LogP contribution in [0.15, 0.2) is 40.8 Å². The van der Waals surface area contributed by atoms with Crippen LogP contribution in [0.25, 0.3) is 33.7 Å². The van der Waals surface area contributed by atoms with E-state index in [1.807, 2.05) is 35.9 Å². The first-order valence-electron chi connectivity index (χ1n) is 10.2. The molecule has 0 radical (unpaired) electrons. The number of para-hydroxylation sites is 1. The summed E-state index contributed by atoms with van der Waals surface area (Å²) in [5.74, 6) is 1.49. The summed E-state index contributed by atoms with van der Waals surface area (Å²) in [6.07, 6.45) is 0.990. The largest absolute Gasteiger partial charge is 0.453 e. The van der Waals surface area contributed by atoms with Crippen molar-refractivity contribution in [3.05, 3.63) is 47.7 Å². The molecule has 0 saturated heterocycles. The highest BCUT2D eigenvalue weighted by Gasteiger charge is 2.28. The molecule has 0 unspecified atom stereocenters. The van der Waals surface area contributed by atoms with Gasteiger partial charge in [0.2, 0.25) is 0 Å². The number of pyridine rings is 1. The maximum atomic E-state index is 6.16. The van der Waals surface area contributed by atoms with Gasteiger partial charge >= 0.3 is 0 Å². The molecule has 0 aliphatic carbocycles. The molecule has 5 nitrogen and oxygen atoms in total. The molecule has 0 saturated carbocycles. The van der Waals surface area contributed by atoms with E-state index < -0.39 is 0 Å². The third kappa shape index (κ3) is 3.86. The lowest BCUT2D eigenvalue weighted by atomic mass is 9.82. The molecule has 0 atom stereocenters. The van der Waals surface area contributed by atoms with Crippen molar-refractivity contribution in [2.45, 2.75) is 60.4 Å². The minimum atomic E-state index is -0.161. The topological polar surface area (TPSA) is 55.9 Å². The van der Waals surface area contributed by atoms with E-state index in [4.69, 9.17) is 14.4 Å². The second-order valence-electron chi connectivity index (χ2n) is 9.91. The molecule has 0 spiro atoms. The minimum Gasteiger partial charge on any atom is -0.453 e. The highest BCUT2D eigenvalue weighted by atomic mass is 16.3. The first kappa shape index (κ1) is 19.5. The van der Waals surface area contributed by atoms with E-state index in [2.05, 4.69) is 59.1 Å². The molecular weight excluding hydrogens is 360 g/mol. The van der Waals surface area contributed by atoms with Gasteiger partial charge in [-0.05, 0) is 63.3 Å². The first-order valence-corrected chi connectivity index (χ1v) is 10.2. The number of aromatic nitrogens is 3. The number of fused-ring (bicyclic) bond motifs is 2. The standard InChI is InChI=1S/C24H30N4O/c1-15-12-16(2)25-22-20(15)26-21(19-13-17-10-8-9-11-18(17)29-19)28(22)27-24(6,7)14-23(3,4)5/h8-13,27H,14H2,1-7H3. The lowest BCUT2D eigenvalue weighted by Gasteiger charge is -2.34. The fourth-order valence-corrected chi connectivity index (χ4v) is 4.39. The van der Waals surface area contributed by atoms with Gasteiger partial charge in [0.1, 0.15) is 11.1 Å². The van der Waals surface area contributed by atoms with Crippen molar-refractivity contribution in [2.75, 3.05) is 5.43 Å². The Bertz CT molecular complexity index is 1160. The van der Waals surface area contributed by atoms with Crippen LogP contribution in [-0.2, 0) is 0 Å². The quantitative estimate of drug-likeness (QED) is 0.449. The normalized spacial score (nSPS) is 12.8. The zero-order valence-electron chi connectivity index (χ0n) is 18.4.